The van der Waals surface area contributed by atoms with E-state index >= 15 is 0 Å². The van der Waals surface area contributed by atoms with Gasteiger partial charge < -0.3 is 10.6 Å². The highest BCUT2D eigenvalue weighted by atomic mass is 32.1. The number of thiocarbonyl (C=S) groups is 1. The maximum Gasteiger partial charge on any atom is 0.171 e. The van der Waals surface area contributed by atoms with Gasteiger partial charge in [-0.2, -0.15) is 0 Å². The van der Waals surface area contributed by atoms with Crippen LogP contribution in [0.25, 0.3) is 0 Å². The normalized spacial score (nSPS) is 12.2. The molecule has 0 saturated carbocycles. The summed E-state index contributed by atoms with van der Waals surface area (Å²) >= 11 is 5.44. The van der Waals surface area contributed by atoms with E-state index in [1.54, 1.807) is 0 Å². The summed E-state index contributed by atoms with van der Waals surface area (Å²) < 4.78 is 0. The first-order valence-corrected chi connectivity index (χ1v) is 7.56. The SMILES string of the molecule is Cc1ccc(NC(=S)NC(C)(C)CC(C)(C)C)c(C)c1. The highest BCUT2D eigenvalue weighted by Crippen LogP contribution is 2.27. The molecule has 0 aliphatic rings. The minimum atomic E-state index is -0.0269. The van der Waals surface area contributed by atoms with Crippen LogP contribution in [0.1, 0.15) is 52.2 Å². The van der Waals surface area contributed by atoms with Gasteiger partial charge in [-0.3, -0.25) is 0 Å². The summed E-state index contributed by atoms with van der Waals surface area (Å²) in [4.78, 5) is 0. The third kappa shape index (κ3) is 5.91. The van der Waals surface area contributed by atoms with Crippen molar-refractivity contribution in [2.75, 3.05) is 5.32 Å². The monoisotopic (exact) mass is 292 g/mol. The Morgan fingerprint density at radius 2 is 1.70 bits per heavy atom. The number of benzene rings is 1. The average molecular weight is 292 g/mol. The molecule has 0 aromatic heterocycles. The third-order valence-electron chi connectivity index (χ3n) is 3.05. The number of hydrogen-bond acceptors (Lipinski definition) is 1. The van der Waals surface area contributed by atoms with Gasteiger partial charge in [0, 0.05) is 11.2 Å². The lowest BCUT2D eigenvalue weighted by molar-refractivity contribution is 0.268. The minimum absolute atomic E-state index is 0.0269. The van der Waals surface area contributed by atoms with Gasteiger partial charge >= 0.3 is 0 Å². The fraction of sp³-hybridized carbons (Fsp3) is 0.588. The quantitative estimate of drug-likeness (QED) is 0.782. The van der Waals surface area contributed by atoms with Crippen molar-refractivity contribution in [3.05, 3.63) is 29.3 Å². The molecular formula is C17H28N2S. The lowest BCUT2D eigenvalue weighted by atomic mass is 9.82. The van der Waals surface area contributed by atoms with E-state index in [4.69, 9.17) is 12.2 Å². The van der Waals surface area contributed by atoms with Crippen LogP contribution < -0.4 is 10.6 Å². The first-order chi connectivity index (χ1) is 8.98. The van der Waals surface area contributed by atoms with Crippen LogP contribution in [0.4, 0.5) is 5.69 Å². The second-order valence-electron chi connectivity index (χ2n) is 7.52. The van der Waals surface area contributed by atoms with Crippen LogP contribution in [-0.2, 0) is 0 Å². The molecule has 2 nitrogen and oxygen atoms in total. The molecule has 0 atom stereocenters. The second kappa shape index (κ2) is 6.13. The van der Waals surface area contributed by atoms with Gasteiger partial charge in [0.1, 0.15) is 0 Å². The highest BCUT2D eigenvalue weighted by Gasteiger charge is 2.25. The predicted octanol–water partition coefficient (Wildman–Crippen LogP) is 4.80. The molecule has 1 aromatic carbocycles. The lowest BCUT2D eigenvalue weighted by Gasteiger charge is -2.34. The Hall–Kier alpha value is -1.09. The zero-order chi connectivity index (χ0) is 15.6. The molecule has 0 saturated heterocycles. The summed E-state index contributed by atoms with van der Waals surface area (Å²) in [5, 5.41) is 7.41. The molecule has 0 spiro atoms. The Morgan fingerprint density at radius 3 is 2.20 bits per heavy atom. The van der Waals surface area contributed by atoms with Gasteiger partial charge in [0.15, 0.2) is 5.11 Å². The Bertz CT molecular complexity index is 484. The van der Waals surface area contributed by atoms with Crippen molar-refractivity contribution < 1.29 is 0 Å². The van der Waals surface area contributed by atoms with Gasteiger partial charge in [-0.15, -0.1) is 0 Å². The van der Waals surface area contributed by atoms with E-state index < -0.39 is 0 Å². The fourth-order valence-corrected chi connectivity index (χ4v) is 3.17. The van der Waals surface area contributed by atoms with Crippen molar-refractivity contribution in [1.29, 1.82) is 0 Å². The maximum absolute atomic E-state index is 5.44. The highest BCUT2D eigenvalue weighted by molar-refractivity contribution is 7.80. The number of aryl methyl sites for hydroxylation is 2. The first-order valence-electron chi connectivity index (χ1n) is 7.15. The molecule has 0 bridgehead atoms. The third-order valence-corrected chi connectivity index (χ3v) is 3.26. The maximum atomic E-state index is 5.44. The van der Waals surface area contributed by atoms with E-state index in [2.05, 4.69) is 77.3 Å². The fourth-order valence-electron chi connectivity index (χ4n) is 2.78. The van der Waals surface area contributed by atoms with Gasteiger partial charge in [0.2, 0.25) is 0 Å². The number of anilines is 1. The van der Waals surface area contributed by atoms with Gasteiger partial charge in [-0.05, 0) is 63.4 Å². The zero-order valence-corrected chi connectivity index (χ0v) is 14.7. The average Bonchev–Trinajstić information content (AvgIpc) is 2.17. The van der Waals surface area contributed by atoms with Crippen LogP contribution in [0.5, 0.6) is 0 Å². The van der Waals surface area contributed by atoms with Gasteiger partial charge in [-0.25, -0.2) is 0 Å². The summed E-state index contributed by atoms with van der Waals surface area (Å²) in [7, 11) is 0. The summed E-state index contributed by atoms with van der Waals surface area (Å²) in [6.07, 6.45) is 1.05. The van der Waals surface area contributed by atoms with Crippen LogP contribution in [0, 0.1) is 19.3 Å². The lowest BCUT2D eigenvalue weighted by Crippen LogP contribution is -2.47. The molecule has 2 N–H and O–H groups in total. The molecule has 112 valence electrons. The number of rotatable bonds is 3. The molecule has 20 heavy (non-hydrogen) atoms. The molecule has 3 heteroatoms. The molecule has 0 heterocycles. The van der Waals surface area contributed by atoms with E-state index in [9.17, 15) is 0 Å². The molecule has 0 fully saturated rings. The van der Waals surface area contributed by atoms with E-state index in [1.165, 1.54) is 11.1 Å². The van der Waals surface area contributed by atoms with Crippen molar-refractivity contribution in [1.82, 2.24) is 5.32 Å². The van der Waals surface area contributed by atoms with Crippen LogP contribution in [0.3, 0.4) is 0 Å². The van der Waals surface area contributed by atoms with Crippen LogP contribution >= 0.6 is 12.2 Å². The molecular weight excluding hydrogens is 264 g/mol. The van der Waals surface area contributed by atoms with Gasteiger partial charge in [0.25, 0.3) is 0 Å². The van der Waals surface area contributed by atoms with E-state index in [-0.39, 0.29) is 11.0 Å². The van der Waals surface area contributed by atoms with E-state index in [0.717, 1.165) is 12.1 Å². The smallest absolute Gasteiger partial charge is 0.171 e. The number of nitrogens with one attached hydrogen (secondary N) is 2. The first kappa shape index (κ1) is 17.0. The second-order valence-corrected chi connectivity index (χ2v) is 7.93. The molecule has 1 aromatic rings. The Labute approximate surface area is 129 Å². The molecule has 1 rings (SSSR count). The standard InChI is InChI=1S/C17H28N2S/c1-12-8-9-14(13(2)10-12)18-15(20)19-17(6,7)11-16(3,4)5/h8-10H,11H2,1-7H3,(H2,18,19,20). The van der Waals surface area contributed by atoms with Crippen molar-refractivity contribution in [2.45, 2.75) is 60.4 Å². The van der Waals surface area contributed by atoms with Crippen molar-refractivity contribution in [3.63, 3.8) is 0 Å². The van der Waals surface area contributed by atoms with E-state index in [0.29, 0.717) is 5.11 Å². The molecule has 0 aliphatic heterocycles. The summed E-state index contributed by atoms with van der Waals surface area (Å²) in [5.41, 5.74) is 3.79. The van der Waals surface area contributed by atoms with Gasteiger partial charge in [0.05, 0.1) is 0 Å². The molecule has 0 amide bonds. The van der Waals surface area contributed by atoms with Crippen molar-refractivity contribution in [3.8, 4) is 0 Å². The van der Waals surface area contributed by atoms with E-state index in [1.807, 2.05) is 0 Å². The molecule has 0 unspecified atom stereocenters. The van der Waals surface area contributed by atoms with Crippen LogP contribution in [0.15, 0.2) is 18.2 Å². The van der Waals surface area contributed by atoms with Crippen molar-refractivity contribution in [2.24, 2.45) is 5.41 Å². The Kier molecular flexibility index (Phi) is 5.20. The largest absolute Gasteiger partial charge is 0.358 e. The summed E-state index contributed by atoms with van der Waals surface area (Å²) in [6, 6.07) is 6.33. The topological polar surface area (TPSA) is 24.1 Å². The molecule has 0 aliphatic carbocycles. The number of hydrogen-bond donors (Lipinski definition) is 2. The molecule has 0 radical (unpaired) electrons. The zero-order valence-electron chi connectivity index (χ0n) is 13.8. The van der Waals surface area contributed by atoms with Crippen LogP contribution in [-0.4, -0.2) is 10.7 Å². The minimum Gasteiger partial charge on any atom is -0.358 e. The van der Waals surface area contributed by atoms with Crippen molar-refractivity contribution >= 4 is 23.0 Å². The summed E-state index contributed by atoms with van der Waals surface area (Å²) in [6.45, 7) is 15.3. The summed E-state index contributed by atoms with van der Waals surface area (Å²) in [5.74, 6) is 0. The van der Waals surface area contributed by atoms with Crippen LogP contribution in [0.2, 0.25) is 0 Å². The van der Waals surface area contributed by atoms with Gasteiger partial charge in [-0.1, -0.05) is 38.5 Å². The Balaban J connectivity index is 2.68. The predicted molar refractivity (Wildman–Crippen MR) is 93.4 cm³/mol. The Morgan fingerprint density at radius 1 is 1.10 bits per heavy atom.